The second kappa shape index (κ2) is 8.08. The maximum Gasteiger partial charge on any atom is 0.325 e. The SMILES string of the molecule is COC(=O)CN(C)C(=O)CCc1nnc(C2(c3ccc(Cl)cc3)CCC2)o1. The van der Waals surface area contributed by atoms with Crippen molar-refractivity contribution in [1.82, 2.24) is 15.1 Å². The predicted molar refractivity (Wildman–Crippen MR) is 98.4 cm³/mol. The first-order valence-corrected chi connectivity index (χ1v) is 9.22. The van der Waals surface area contributed by atoms with Crippen LogP contribution in [-0.2, 0) is 26.2 Å². The van der Waals surface area contributed by atoms with E-state index >= 15 is 0 Å². The van der Waals surface area contributed by atoms with E-state index in [4.69, 9.17) is 16.0 Å². The van der Waals surface area contributed by atoms with Gasteiger partial charge in [0.1, 0.15) is 6.54 Å². The number of ether oxygens (including phenoxy) is 1. The van der Waals surface area contributed by atoms with Gasteiger partial charge in [-0.2, -0.15) is 0 Å². The third-order valence-electron chi connectivity index (χ3n) is 5.05. The van der Waals surface area contributed by atoms with Crippen molar-refractivity contribution in [3.05, 3.63) is 46.6 Å². The van der Waals surface area contributed by atoms with Gasteiger partial charge in [0.15, 0.2) is 0 Å². The molecule has 1 heterocycles. The standard InChI is InChI=1S/C19H22ClN3O4/c1-23(12-17(25)26-2)16(24)9-8-15-21-22-18(27-15)19(10-3-11-19)13-4-6-14(20)7-5-13/h4-7H,3,8-12H2,1-2H3. The van der Waals surface area contributed by atoms with E-state index in [1.807, 2.05) is 24.3 Å². The summed E-state index contributed by atoms with van der Waals surface area (Å²) in [5.74, 6) is 0.364. The third-order valence-corrected chi connectivity index (χ3v) is 5.30. The van der Waals surface area contributed by atoms with Crippen LogP contribution in [0.4, 0.5) is 0 Å². The van der Waals surface area contributed by atoms with Crippen LogP contribution in [0.3, 0.4) is 0 Å². The summed E-state index contributed by atoms with van der Waals surface area (Å²) in [6, 6.07) is 7.72. The molecule has 1 aromatic carbocycles. The zero-order chi connectivity index (χ0) is 19.4. The number of rotatable bonds is 7. The molecule has 0 spiro atoms. The van der Waals surface area contributed by atoms with Crippen LogP contribution in [0.1, 0.15) is 43.0 Å². The van der Waals surface area contributed by atoms with E-state index in [1.165, 1.54) is 12.0 Å². The number of halogens is 1. The Morgan fingerprint density at radius 1 is 1.26 bits per heavy atom. The Kier molecular flexibility index (Phi) is 5.79. The fourth-order valence-corrected chi connectivity index (χ4v) is 3.35. The Morgan fingerprint density at radius 2 is 1.96 bits per heavy atom. The highest BCUT2D eigenvalue weighted by molar-refractivity contribution is 6.30. The van der Waals surface area contributed by atoms with E-state index in [9.17, 15) is 9.59 Å². The Bertz CT molecular complexity index is 815. The molecule has 0 N–H and O–H groups in total. The van der Waals surface area contributed by atoms with E-state index in [0.717, 1.165) is 24.8 Å². The van der Waals surface area contributed by atoms with Crippen LogP contribution < -0.4 is 0 Å². The van der Waals surface area contributed by atoms with Gasteiger partial charge in [-0.1, -0.05) is 30.2 Å². The normalized spacial score (nSPS) is 15.1. The first kappa shape index (κ1) is 19.4. The molecule has 8 heteroatoms. The monoisotopic (exact) mass is 391 g/mol. The number of hydrogen-bond donors (Lipinski definition) is 0. The molecule has 27 heavy (non-hydrogen) atoms. The lowest BCUT2D eigenvalue weighted by atomic mass is 9.64. The molecule has 0 unspecified atom stereocenters. The van der Waals surface area contributed by atoms with Crippen molar-refractivity contribution in [1.29, 1.82) is 0 Å². The molecule has 0 atom stereocenters. The van der Waals surface area contributed by atoms with Crippen LogP contribution in [0.5, 0.6) is 0 Å². The summed E-state index contributed by atoms with van der Waals surface area (Å²) in [7, 11) is 2.85. The number of hydrogen-bond acceptors (Lipinski definition) is 6. The molecular formula is C19H22ClN3O4. The first-order valence-electron chi connectivity index (χ1n) is 8.84. The summed E-state index contributed by atoms with van der Waals surface area (Å²) in [5.41, 5.74) is 0.851. The number of likely N-dealkylation sites (N-methyl/N-ethyl adjacent to an activating group) is 1. The molecule has 0 saturated heterocycles. The van der Waals surface area contributed by atoms with Gasteiger partial charge in [-0.05, 0) is 30.5 Å². The van der Waals surface area contributed by atoms with Gasteiger partial charge in [0.2, 0.25) is 17.7 Å². The summed E-state index contributed by atoms with van der Waals surface area (Å²) in [6.45, 7) is -0.0793. The number of aryl methyl sites for hydroxylation is 1. The van der Waals surface area contributed by atoms with Gasteiger partial charge in [-0.25, -0.2) is 0 Å². The molecule has 2 aromatic rings. The molecule has 1 aromatic heterocycles. The van der Waals surface area contributed by atoms with Crippen molar-refractivity contribution >= 4 is 23.5 Å². The highest BCUT2D eigenvalue weighted by atomic mass is 35.5. The van der Waals surface area contributed by atoms with Crippen molar-refractivity contribution in [2.24, 2.45) is 0 Å². The van der Waals surface area contributed by atoms with Crippen molar-refractivity contribution in [3.8, 4) is 0 Å². The summed E-state index contributed by atoms with van der Waals surface area (Å²) in [5, 5.41) is 9.04. The molecule has 0 bridgehead atoms. The van der Waals surface area contributed by atoms with Crippen LogP contribution in [0.15, 0.2) is 28.7 Å². The maximum absolute atomic E-state index is 12.1. The molecular weight excluding hydrogens is 370 g/mol. The molecule has 7 nitrogen and oxygen atoms in total. The Hall–Kier alpha value is -2.41. The molecule has 1 aliphatic carbocycles. The fraction of sp³-hybridized carbons (Fsp3) is 0.474. The number of esters is 1. The van der Waals surface area contributed by atoms with Crippen LogP contribution in [0.2, 0.25) is 5.02 Å². The van der Waals surface area contributed by atoms with E-state index in [1.54, 1.807) is 7.05 Å². The van der Waals surface area contributed by atoms with E-state index in [0.29, 0.717) is 23.2 Å². The van der Waals surface area contributed by atoms with E-state index in [-0.39, 0.29) is 24.3 Å². The number of methoxy groups -OCH3 is 1. The molecule has 144 valence electrons. The Balaban J connectivity index is 1.65. The summed E-state index contributed by atoms with van der Waals surface area (Å²) < 4.78 is 10.5. The van der Waals surface area contributed by atoms with E-state index in [2.05, 4.69) is 14.9 Å². The molecule has 1 saturated carbocycles. The molecule has 1 amide bonds. The highest BCUT2D eigenvalue weighted by Gasteiger charge is 2.45. The summed E-state index contributed by atoms with van der Waals surface area (Å²) in [4.78, 5) is 24.7. The largest absolute Gasteiger partial charge is 0.468 e. The number of aromatic nitrogens is 2. The molecule has 1 aliphatic rings. The quantitative estimate of drug-likeness (QED) is 0.674. The number of carbonyl (C=O) groups excluding carboxylic acids is 2. The van der Waals surface area contributed by atoms with Gasteiger partial charge < -0.3 is 14.1 Å². The third kappa shape index (κ3) is 4.13. The molecule has 1 fully saturated rings. The second-order valence-corrected chi connectivity index (χ2v) is 7.21. The summed E-state index contributed by atoms with van der Waals surface area (Å²) in [6.07, 6.45) is 3.49. The average molecular weight is 392 g/mol. The number of carbonyl (C=O) groups is 2. The lowest BCUT2D eigenvalue weighted by Gasteiger charge is -2.39. The Labute approximate surface area is 162 Å². The average Bonchev–Trinajstić information content (AvgIpc) is 3.09. The summed E-state index contributed by atoms with van der Waals surface area (Å²) >= 11 is 5.99. The second-order valence-electron chi connectivity index (χ2n) is 6.77. The lowest BCUT2D eigenvalue weighted by molar-refractivity contribution is -0.146. The van der Waals surface area contributed by atoms with Crippen molar-refractivity contribution < 1.29 is 18.7 Å². The van der Waals surface area contributed by atoms with Crippen LogP contribution >= 0.6 is 11.6 Å². The van der Waals surface area contributed by atoms with Crippen molar-refractivity contribution in [2.45, 2.75) is 37.5 Å². The topological polar surface area (TPSA) is 85.5 Å². The smallest absolute Gasteiger partial charge is 0.325 e. The zero-order valence-electron chi connectivity index (χ0n) is 15.4. The van der Waals surface area contributed by atoms with E-state index < -0.39 is 5.97 Å². The minimum atomic E-state index is -0.458. The van der Waals surface area contributed by atoms with Crippen molar-refractivity contribution in [3.63, 3.8) is 0 Å². The van der Waals surface area contributed by atoms with Gasteiger partial charge in [-0.15, -0.1) is 10.2 Å². The fourth-order valence-electron chi connectivity index (χ4n) is 3.22. The van der Waals surface area contributed by atoms with Crippen LogP contribution in [0.25, 0.3) is 0 Å². The number of benzene rings is 1. The first-order chi connectivity index (χ1) is 12.9. The minimum Gasteiger partial charge on any atom is -0.468 e. The van der Waals surface area contributed by atoms with Gasteiger partial charge >= 0.3 is 5.97 Å². The minimum absolute atomic E-state index is 0.0793. The van der Waals surface area contributed by atoms with Gasteiger partial charge in [0, 0.05) is 24.9 Å². The van der Waals surface area contributed by atoms with Gasteiger partial charge in [0.25, 0.3) is 0 Å². The van der Waals surface area contributed by atoms with Gasteiger partial charge in [0.05, 0.1) is 12.5 Å². The predicted octanol–water partition coefficient (Wildman–Crippen LogP) is 2.76. The molecule has 0 radical (unpaired) electrons. The van der Waals surface area contributed by atoms with Crippen molar-refractivity contribution in [2.75, 3.05) is 20.7 Å². The zero-order valence-corrected chi connectivity index (χ0v) is 16.2. The molecule has 0 aliphatic heterocycles. The van der Waals surface area contributed by atoms with Crippen LogP contribution in [0, 0.1) is 0 Å². The maximum atomic E-state index is 12.1. The number of nitrogens with zero attached hydrogens (tertiary/aromatic N) is 3. The van der Waals surface area contributed by atoms with Gasteiger partial charge in [-0.3, -0.25) is 9.59 Å². The Morgan fingerprint density at radius 3 is 2.56 bits per heavy atom. The van der Waals surface area contributed by atoms with Crippen LogP contribution in [-0.4, -0.2) is 47.7 Å². The number of amides is 1. The molecule has 3 rings (SSSR count). The highest BCUT2D eigenvalue weighted by Crippen LogP contribution is 2.48. The lowest BCUT2D eigenvalue weighted by Crippen LogP contribution is -2.35.